The van der Waals surface area contributed by atoms with Crippen molar-refractivity contribution in [2.24, 2.45) is 0 Å². The molecule has 0 aliphatic carbocycles. The molecule has 1 fully saturated rings. The Morgan fingerprint density at radius 2 is 2.33 bits per heavy atom. The highest BCUT2D eigenvalue weighted by atomic mass is 79.9. The Bertz CT molecular complexity index is 504. The third-order valence-electron chi connectivity index (χ3n) is 2.92. The Labute approximate surface area is 113 Å². The Morgan fingerprint density at radius 3 is 2.94 bits per heavy atom. The number of carboxylic acid groups (broad SMARTS) is 1. The number of anilines is 1. The predicted octanol–water partition coefficient (Wildman–Crippen LogP) is 2.13. The van der Waals surface area contributed by atoms with Crippen LogP contribution in [0.1, 0.15) is 12.0 Å². The molecule has 1 aromatic carbocycles. The van der Waals surface area contributed by atoms with Gasteiger partial charge in [0.1, 0.15) is 0 Å². The number of carboxylic acids is 1. The number of hydrogen-bond acceptors (Lipinski definition) is 2. The Balaban J connectivity index is 2.30. The first kappa shape index (κ1) is 12.9. The number of hydrogen-bond donors (Lipinski definition) is 2. The minimum Gasteiger partial charge on any atom is -0.481 e. The van der Waals surface area contributed by atoms with Crippen molar-refractivity contribution in [3.8, 4) is 0 Å². The number of amides is 2. The zero-order valence-corrected chi connectivity index (χ0v) is 11.4. The fourth-order valence-electron chi connectivity index (χ4n) is 1.97. The fraction of sp³-hybridized carbons (Fsp3) is 0.333. The van der Waals surface area contributed by atoms with E-state index in [0.717, 1.165) is 10.0 Å². The largest absolute Gasteiger partial charge is 0.481 e. The van der Waals surface area contributed by atoms with Gasteiger partial charge in [0.2, 0.25) is 0 Å². The molecule has 1 aliphatic rings. The second kappa shape index (κ2) is 4.97. The van der Waals surface area contributed by atoms with Gasteiger partial charge in [0, 0.05) is 16.7 Å². The molecule has 2 N–H and O–H groups in total. The van der Waals surface area contributed by atoms with E-state index >= 15 is 0 Å². The Morgan fingerprint density at radius 1 is 1.61 bits per heavy atom. The number of benzene rings is 1. The number of nitrogens with one attached hydrogen (secondary N) is 1. The van der Waals surface area contributed by atoms with Gasteiger partial charge in [-0.3, -0.25) is 9.69 Å². The van der Waals surface area contributed by atoms with E-state index in [0.29, 0.717) is 12.2 Å². The van der Waals surface area contributed by atoms with Crippen molar-refractivity contribution in [3.05, 3.63) is 28.2 Å². The van der Waals surface area contributed by atoms with Crippen LogP contribution in [0.15, 0.2) is 22.7 Å². The van der Waals surface area contributed by atoms with Crippen LogP contribution in [0.4, 0.5) is 10.5 Å². The lowest BCUT2D eigenvalue weighted by atomic mass is 10.1. The summed E-state index contributed by atoms with van der Waals surface area (Å²) >= 11 is 3.41. The molecule has 2 amide bonds. The van der Waals surface area contributed by atoms with E-state index in [1.807, 2.05) is 25.1 Å². The Hall–Kier alpha value is -1.56. The van der Waals surface area contributed by atoms with Crippen molar-refractivity contribution < 1.29 is 14.7 Å². The third kappa shape index (κ3) is 2.48. The van der Waals surface area contributed by atoms with Gasteiger partial charge < -0.3 is 10.4 Å². The second-order valence-corrected chi connectivity index (χ2v) is 5.10. The molecule has 5 nitrogen and oxygen atoms in total. The van der Waals surface area contributed by atoms with Gasteiger partial charge >= 0.3 is 12.0 Å². The lowest BCUT2D eigenvalue weighted by Crippen LogP contribution is -2.35. The molecule has 0 aromatic heterocycles. The van der Waals surface area contributed by atoms with E-state index in [4.69, 9.17) is 5.11 Å². The molecule has 1 aromatic rings. The van der Waals surface area contributed by atoms with Crippen LogP contribution >= 0.6 is 15.9 Å². The second-order valence-electron chi connectivity index (χ2n) is 4.24. The quantitative estimate of drug-likeness (QED) is 0.898. The standard InChI is InChI=1S/C12H13BrN2O3/c1-7-2-3-8(4-10(7)13)15-9(5-11(16)17)6-14-12(15)18/h2-4,9H,5-6H2,1H3,(H,14,18)(H,16,17). The highest BCUT2D eigenvalue weighted by molar-refractivity contribution is 9.10. The van der Waals surface area contributed by atoms with Crippen LogP contribution in [0, 0.1) is 6.92 Å². The van der Waals surface area contributed by atoms with E-state index in [1.165, 1.54) is 4.90 Å². The zero-order chi connectivity index (χ0) is 13.3. The summed E-state index contributed by atoms with van der Waals surface area (Å²) in [5, 5.41) is 11.5. The van der Waals surface area contributed by atoms with Gasteiger partial charge in [-0.1, -0.05) is 22.0 Å². The van der Waals surface area contributed by atoms with Gasteiger partial charge in [0.05, 0.1) is 12.5 Å². The van der Waals surface area contributed by atoms with E-state index in [-0.39, 0.29) is 18.5 Å². The highest BCUT2D eigenvalue weighted by Gasteiger charge is 2.33. The summed E-state index contributed by atoms with van der Waals surface area (Å²) in [6.07, 6.45) is -0.0652. The van der Waals surface area contributed by atoms with Crippen molar-refractivity contribution in [3.63, 3.8) is 0 Å². The number of nitrogens with zero attached hydrogens (tertiary/aromatic N) is 1. The molecule has 0 bridgehead atoms. The molecule has 1 heterocycles. The highest BCUT2D eigenvalue weighted by Crippen LogP contribution is 2.27. The lowest BCUT2D eigenvalue weighted by molar-refractivity contribution is -0.137. The van der Waals surface area contributed by atoms with Crippen molar-refractivity contribution in [2.45, 2.75) is 19.4 Å². The summed E-state index contributed by atoms with van der Waals surface area (Å²) in [7, 11) is 0. The number of urea groups is 1. The van der Waals surface area contributed by atoms with Gasteiger partial charge in [-0.2, -0.15) is 0 Å². The lowest BCUT2D eigenvalue weighted by Gasteiger charge is -2.22. The molecule has 1 unspecified atom stereocenters. The molecular weight excluding hydrogens is 300 g/mol. The number of halogens is 1. The van der Waals surface area contributed by atoms with Crippen LogP contribution in [0.2, 0.25) is 0 Å². The molecule has 0 saturated carbocycles. The smallest absolute Gasteiger partial charge is 0.322 e. The van der Waals surface area contributed by atoms with Crippen LogP contribution < -0.4 is 10.2 Å². The van der Waals surface area contributed by atoms with Crippen LogP contribution in [0.25, 0.3) is 0 Å². The van der Waals surface area contributed by atoms with Gasteiger partial charge in [-0.05, 0) is 24.6 Å². The molecule has 6 heteroatoms. The first-order valence-corrected chi connectivity index (χ1v) is 6.33. The van der Waals surface area contributed by atoms with Crippen LogP contribution in [-0.2, 0) is 4.79 Å². The summed E-state index contributed by atoms with van der Waals surface area (Å²) in [6.45, 7) is 2.31. The number of rotatable bonds is 3. The average Bonchev–Trinajstić information content (AvgIpc) is 2.63. The normalized spacial score (nSPS) is 18.9. The summed E-state index contributed by atoms with van der Waals surface area (Å²) in [6, 6.07) is 4.94. The minimum atomic E-state index is -0.910. The number of aryl methyl sites for hydroxylation is 1. The molecule has 1 aliphatic heterocycles. The van der Waals surface area contributed by atoms with Crippen molar-refractivity contribution in [2.75, 3.05) is 11.4 Å². The number of carbonyl (C=O) groups excluding carboxylic acids is 1. The first-order valence-electron chi connectivity index (χ1n) is 5.54. The maximum atomic E-state index is 11.8. The van der Waals surface area contributed by atoms with Gasteiger partial charge in [-0.15, -0.1) is 0 Å². The molecule has 2 rings (SSSR count). The number of carbonyl (C=O) groups is 2. The molecule has 18 heavy (non-hydrogen) atoms. The van der Waals surface area contributed by atoms with Crippen molar-refractivity contribution in [1.29, 1.82) is 0 Å². The molecule has 0 radical (unpaired) electrons. The predicted molar refractivity (Wildman–Crippen MR) is 70.8 cm³/mol. The third-order valence-corrected chi connectivity index (χ3v) is 3.77. The van der Waals surface area contributed by atoms with Crippen molar-refractivity contribution >= 4 is 33.6 Å². The summed E-state index contributed by atoms with van der Waals surface area (Å²) in [5.41, 5.74) is 1.77. The Kier molecular flexibility index (Phi) is 3.56. The van der Waals surface area contributed by atoms with E-state index in [2.05, 4.69) is 21.2 Å². The first-order chi connectivity index (χ1) is 8.49. The van der Waals surface area contributed by atoms with Crippen LogP contribution in [-0.4, -0.2) is 29.7 Å². The van der Waals surface area contributed by atoms with Gasteiger partial charge in [0.25, 0.3) is 0 Å². The van der Waals surface area contributed by atoms with Crippen LogP contribution in [0.5, 0.6) is 0 Å². The number of aliphatic carboxylic acids is 1. The SMILES string of the molecule is Cc1ccc(N2C(=O)NCC2CC(=O)O)cc1Br. The maximum Gasteiger partial charge on any atom is 0.322 e. The topological polar surface area (TPSA) is 69.6 Å². The molecule has 1 saturated heterocycles. The van der Waals surface area contributed by atoms with Crippen molar-refractivity contribution in [1.82, 2.24) is 5.32 Å². The zero-order valence-electron chi connectivity index (χ0n) is 9.81. The summed E-state index contributed by atoms with van der Waals surface area (Å²) < 4.78 is 0.897. The van der Waals surface area contributed by atoms with Gasteiger partial charge in [0.15, 0.2) is 0 Å². The van der Waals surface area contributed by atoms with E-state index in [9.17, 15) is 9.59 Å². The van der Waals surface area contributed by atoms with E-state index in [1.54, 1.807) is 0 Å². The molecule has 1 atom stereocenters. The van der Waals surface area contributed by atoms with Gasteiger partial charge in [-0.25, -0.2) is 4.79 Å². The molecular formula is C12H13BrN2O3. The average molecular weight is 313 g/mol. The fourth-order valence-corrected chi connectivity index (χ4v) is 2.34. The minimum absolute atomic E-state index is 0.0652. The molecule has 0 spiro atoms. The maximum absolute atomic E-state index is 11.8. The summed E-state index contributed by atoms with van der Waals surface area (Å²) in [4.78, 5) is 24.1. The van der Waals surface area contributed by atoms with Crippen LogP contribution in [0.3, 0.4) is 0 Å². The summed E-state index contributed by atoms with van der Waals surface area (Å²) in [5.74, 6) is -0.910. The monoisotopic (exact) mass is 312 g/mol. The van der Waals surface area contributed by atoms with E-state index < -0.39 is 5.97 Å². The molecule has 96 valence electrons.